The van der Waals surface area contributed by atoms with Crippen LogP contribution in [0.2, 0.25) is 0 Å². The van der Waals surface area contributed by atoms with Crippen molar-refractivity contribution in [2.45, 2.75) is 30.0 Å². The summed E-state index contributed by atoms with van der Waals surface area (Å²) in [5, 5.41) is 50.2. The van der Waals surface area contributed by atoms with Crippen molar-refractivity contribution in [1.29, 1.82) is 0 Å². The molecule has 126 valence electrons. The molecule has 0 aliphatic carbocycles. The molecule has 10 heteroatoms. The number of phenols is 2. The van der Waals surface area contributed by atoms with Crippen LogP contribution < -0.4 is 0 Å². The van der Waals surface area contributed by atoms with E-state index in [9.17, 15) is 30.3 Å². The van der Waals surface area contributed by atoms with Crippen LogP contribution in [0.1, 0.15) is 5.56 Å². The second-order valence-corrected chi connectivity index (χ2v) is 7.06. The second kappa shape index (κ2) is 5.30. The normalized spacial score (nSPS) is 36.1. The number of halogens is 2. The molecule has 3 rings (SSSR count). The molecule has 5 N–H and O–H groups in total. The molecule has 23 heavy (non-hydrogen) atoms. The fourth-order valence-electron chi connectivity index (χ4n) is 2.77. The predicted octanol–water partition coefficient (Wildman–Crippen LogP) is -0.0985. The average molecular weight is 456 g/mol. The van der Waals surface area contributed by atoms with Crippen molar-refractivity contribution < 1.29 is 39.8 Å². The van der Waals surface area contributed by atoms with E-state index in [1.165, 1.54) is 0 Å². The zero-order valence-electron chi connectivity index (χ0n) is 11.4. The topological polar surface area (TPSA) is 137 Å². The summed E-state index contributed by atoms with van der Waals surface area (Å²) in [6, 6.07) is 1.12. The molecule has 1 aromatic rings. The maximum atomic E-state index is 12.1. The zero-order valence-corrected chi connectivity index (χ0v) is 14.5. The number of hydrogen-bond acceptors (Lipinski definition) is 8. The number of carbonyl (C=O) groups is 1. The van der Waals surface area contributed by atoms with E-state index in [1.807, 2.05) is 0 Å². The van der Waals surface area contributed by atoms with Crippen LogP contribution in [0.4, 0.5) is 0 Å². The summed E-state index contributed by atoms with van der Waals surface area (Å²) < 4.78 is 10.3. The summed E-state index contributed by atoms with van der Waals surface area (Å²) in [4.78, 5) is 12.1. The van der Waals surface area contributed by atoms with Gasteiger partial charge < -0.3 is 35.0 Å². The lowest BCUT2D eigenvalue weighted by atomic mass is 9.85. The van der Waals surface area contributed by atoms with Gasteiger partial charge in [0.2, 0.25) is 11.4 Å². The minimum atomic E-state index is -2.49. The summed E-state index contributed by atoms with van der Waals surface area (Å²) in [5.41, 5.74) is -2.29. The third-order valence-electron chi connectivity index (χ3n) is 4.06. The number of carbonyl (C=O) groups excluding carboxylic acids is 1. The van der Waals surface area contributed by atoms with Gasteiger partial charge in [0.25, 0.3) is 0 Å². The highest BCUT2D eigenvalue weighted by Crippen LogP contribution is 2.47. The van der Waals surface area contributed by atoms with Gasteiger partial charge in [0, 0.05) is 10.9 Å². The first-order valence-corrected chi connectivity index (χ1v) is 8.07. The van der Waals surface area contributed by atoms with E-state index in [-0.39, 0.29) is 21.1 Å². The summed E-state index contributed by atoms with van der Waals surface area (Å²) in [6.45, 7) is -0.303. The highest BCUT2D eigenvalue weighted by atomic mass is 79.9. The molecule has 0 radical (unpaired) electrons. The van der Waals surface area contributed by atoms with Gasteiger partial charge in [-0.2, -0.15) is 0 Å². The van der Waals surface area contributed by atoms with Crippen molar-refractivity contribution in [2.24, 2.45) is 0 Å². The van der Waals surface area contributed by atoms with E-state index < -0.39 is 47.5 Å². The average Bonchev–Trinajstić information content (AvgIpc) is 2.89. The Hall–Kier alpha value is -0.910. The standard InChI is InChI=1S/C13H12Br2O8/c14-7-4(1-5(16)9(18)8(7)15)2-12(20)11(19)23-10-6(17)3-22-13(10,12)21/h1,6,10,16-18,20-21H,2-3H2/t6-,10+,12+,13-/m0/s1. The second-order valence-electron chi connectivity index (χ2n) is 5.47. The van der Waals surface area contributed by atoms with Gasteiger partial charge in [0.15, 0.2) is 17.6 Å². The molecule has 8 nitrogen and oxygen atoms in total. The number of phenolic OH excluding ortho intramolecular Hbond substituents is 2. The minimum Gasteiger partial charge on any atom is -0.504 e. The summed E-state index contributed by atoms with van der Waals surface area (Å²) in [6.07, 6.45) is -3.16. The number of ether oxygens (including phenoxy) is 2. The van der Waals surface area contributed by atoms with Crippen LogP contribution >= 0.6 is 31.9 Å². The molecule has 2 aliphatic heterocycles. The summed E-state index contributed by atoms with van der Waals surface area (Å²) in [5.74, 6) is -4.48. The Morgan fingerprint density at radius 1 is 1.26 bits per heavy atom. The van der Waals surface area contributed by atoms with Crippen molar-refractivity contribution in [3.8, 4) is 11.5 Å². The highest BCUT2D eigenvalue weighted by Gasteiger charge is 2.73. The van der Waals surface area contributed by atoms with Gasteiger partial charge in [-0.05, 0) is 43.5 Å². The van der Waals surface area contributed by atoms with Gasteiger partial charge in [-0.15, -0.1) is 0 Å². The molecule has 2 fully saturated rings. The Labute approximate surface area is 146 Å². The number of benzene rings is 1. The van der Waals surface area contributed by atoms with Crippen LogP contribution in [0.15, 0.2) is 15.0 Å². The van der Waals surface area contributed by atoms with E-state index in [0.29, 0.717) is 0 Å². The Morgan fingerprint density at radius 2 is 1.91 bits per heavy atom. The van der Waals surface area contributed by atoms with Gasteiger partial charge in [-0.1, -0.05) is 0 Å². The first kappa shape index (κ1) is 16.9. The number of aromatic hydroxyl groups is 2. The van der Waals surface area contributed by atoms with Crippen LogP contribution in [-0.4, -0.2) is 61.7 Å². The maximum Gasteiger partial charge on any atom is 0.344 e. The van der Waals surface area contributed by atoms with Gasteiger partial charge >= 0.3 is 5.97 Å². The zero-order chi connectivity index (χ0) is 17.2. The molecule has 1 aromatic carbocycles. The summed E-state index contributed by atoms with van der Waals surface area (Å²) >= 11 is 6.22. The molecule has 2 heterocycles. The SMILES string of the molecule is O=C1O[C@@H]2[C@@H](O)CO[C@]2(O)[C@@]1(O)Cc1cc(O)c(O)c(Br)c1Br. The number of aliphatic hydroxyl groups excluding tert-OH is 1. The first-order chi connectivity index (χ1) is 10.6. The van der Waals surface area contributed by atoms with Crippen molar-refractivity contribution in [3.05, 3.63) is 20.6 Å². The molecule has 0 bridgehead atoms. The molecule has 0 amide bonds. The van der Waals surface area contributed by atoms with E-state index >= 15 is 0 Å². The van der Waals surface area contributed by atoms with Crippen LogP contribution in [0.5, 0.6) is 11.5 Å². The van der Waals surface area contributed by atoms with Crippen LogP contribution in [0.25, 0.3) is 0 Å². The number of esters is 1. The van der Waals surface area contributed by atoms with Gasteiger partial charge in [0.1, 0.15) is 6.10 Å². The fraction of sp³-hybridized carbons (Fsp3) is 0.462. The number of rotatable bonds is 2. The Bertz CT molecular complexity index is 695. The van der Waals surface area contributed by atoms with Crippen molar-refractivity contribution in [1.82, 2.24) is 0 Å². The molecule has 4 atom stereocenters. The maximum absolute atomic E-state index is 12.1. The first-order valence-electron chi connectivity index (χ1n) is 6.48. The van der Waals surface area contributed by atoms with Crippen molar-refractivity contribution in [2.75, 3.05) is 6.61 Å². The number of fused-ring (bicyclic) bond motifs is 1. The molecule has 0 unspecified atom stereocenters. The van der Waals surface area contributed by atoms with Crippen molar-refractivity contribution in [3.63, 3.8) is 0 Å². The largest absolute Gasteiger partial charge is 0.504 e. The third kappa shape index (κ3) is 2.20. The molecule has 2 aliphatic rings. The molecule has 0 saturated carbocycles. The lowest BCUT2D eigenvalue weighted by Gasteiger charge is -2.32. The number of hydrogen-bond donors (Lipinski definition) is 5. The van der Waals surface area contributed by atoms with E-state index in [4.69, 9.17) is 9.47 Å². The molecule has 0 spiro atoms. The lowest BCUT2D eigenvalue weighted by molar-refractivity contribution is -0.262. The van der Waals surface area contributed by atoms with Gasteiger partial charge in [-0.3, -0.25) is 0 Å². The van der Waals surface area contributed by atoms with E-state index in [1.54, 1.807) is 0 Å². The van der Waals surface area contributed by atoms with Gasteiger partial charge in [-0.25, -0.2) is 4.79 Å². The third-order valence-corrected chi connectivity index (χ3v) is 6.27. The Balaban J connectivity index is 2.04. The highest BCUT2D eigenvalue weighted by molar-refractivity contribution is 9.13. The van der Waals surface area contributed by atoms with Crippen molar-refractivity contribution >= 4 is 37.8 Å². The summed E-state index contributed by atoms with van der Waals surface area (Å²) in [7, 11) is 0. The molecule has 2 saturated heterocycles. The minimum absolute atomic E-state index is 0.110. The molecular formula is C13H12Br2O8. The molecule has 0 aromatic heterocycles. The van der Waals surface area contributed by atoms with Crippen LogP contribution in [0.3, 0.4) is 0 Å². The smallest absolute Gasteiger partial charge is 0.344 e. The van der Waals surface area contributed by atoms with Crippen LogP contribution in [0, 0.1) is 0 Å². The predicted molar refractivity (Wildman–Crippen MR) is 80.6 cm³/mol. The monoisotopic (exact) mass is 454 g/mol. The van der Waals surface area contributed by atoms with Gasteiger partial charge in [0.05, 0.1) is 11.1 Å². The Morgan fingerprint density at radius 3 is 2.57 bits per heavy atom. The van der Waals surface area contributed by atoms with Crippen LogP contribution in [-0.2, 0) is 20.7 Å². The lowest BCUT2D eigenvalue weighted by Crippen LogP contribution is -2.59. The van der Waals surface area contributed by atoms with E-state index in [2.05, 4.69) is 31.9 Å². The fourth-order valence-corrected chi connectivity index (χ4v) is 3.67. The number of aliphatic hydroxyl groups is 3. The molecular weight excluding hydrogens is 444 g/mol. The van der Waals surface area contributed by atoms with E-state index in [0.717, 1.165) is 6.07 Å². The Kier molecular flexibility index (Phi) is 3.90. The quantitative estimate of drug-likeness (QED) is 0.308.